The molecule has 2 aliphatic heterocycles. The van der Waals surface area contributed by atoms with E-state index in [0.717, 1.165) is 26.2 Å². The van der Waals surface area contributed by atoms with Gasteiger partial charge < -0.3 is 10.2 Å². The molecule has 1 N–H and O–H groups in total. The Hall–Kier alpha value is -1.21. The number of hydrogen-bond acceptors (Lipinski definition) is 6. The first-order valence-corrected chi connectivity index (χ1v) is 8.86. The van der Waals surface area contributed by atoms with Crippen LogP contribution in [0.15, 0.2) is 17.3 Å². The number of aromatic nitrogens is 2. The van der Waals surface area contributed by atoms with E-state index in [4.69, 9.17) is 0 Å². The first kappa shape index (κ1) is 13.8. The van der Waals surface area contributed by atoms with E-state index in [9.17, 15) is 8.42 Å². The lowest BCUT2D eigenvalue weighted by atomic mass is 9.78. The Bertz CT molecular complexity index is 579. The summed E-state index contributed by atoms with van der Waals surface area (Å²) in [5.41, 5.74) is 0.393. The minimum absolute atomic E-state index is 0.178. The molecule has 0 saturated carbocycles. The lowest BCUT2D eigenvalue weighted by molar-refractivity contribution is 0.232. The number of rotatable bonds is 2. The molecule has 1 spiro atoms. The van der Waals surface area contributed by atoms with Crippen LogP contribution in [0.25, 0.3) is 0 Å². The van der Waals surface area contributed by atoms with E-state index in [2.05, 4.69) is 20.2 Å². The van der Waals surface area contributed by atoms with Crippen LogP contribution in [0.2, 0.25) is 0 Å². The third-order valence-corrected chi connectivity index (χ3v) is 5.50. The van der Waals surface area contributed by atoms with Crippen LogP contribution in [-0.2, 0) is 9.84 Å². The van der Waals surface area contributed by atoms with Crippen LogP contribution < -0.4 is 10.2 Å². The Morgan fingerprint density at radius 3 is 2.45 bits per heavy atom. The van der Waals surface area contributed by atoms with Gasteiger partial charge in [0, 0.05) is 19.3 Å². The van der Waals surface area contributed by atoms with Crippen LogP contribution in [0.1, 0.15) is 19.3 Å². The van der Waals surface area contributed by atoms with Crippen LogP contribution >= 0.6 is 0 Å². The molecule has 0 atom stereocenters. The van der Waals surface area contributed by atoms with Crippen molar-refractivity contribution in [2.24, 2.45) is 5.41 Å². The first-order valence-electron chi connectivity index (χ1n) is 6.96. The van der Waals surface area contributed by atoms with Crippen LogP contribution in [0.5, 0.6) is 0 Å². The minimum Gasteiger partial charge on any atom is -0.340 e. The summed E-state index contributed by atoms with van der Waals surface area (Å²) in [4.78, 5) is 10.8. The molecule has 1 aromatic heterocycles. The van der Waals surface area contributed by atoms with Crippen molar-refractivity contribution in [1.82, 2.24) is 15.3 Å². The third-order valence-electron chi connectivity index (χ3n) is 4.43. The monoisotopic (exact) mass is 296 g/mol. The molecule has 7 heteroatoms. The average molecular weight is 296 g/mol. The maximum absolute atomic E-state index is 11.4. The Labute approximate surface area is 119 Å². The van der Waals surface area contributed by atoms with Gasteiger partial charge in [-0.3, -0.25) is 0 Å². The zero-order valence-corrected chi connectivity index (χ0v) is 12.5. The lowest BCUT2D eigenvalue weighted by Crippen LogP contribution is -2.38. The minimum atomic E-state index is -3.22. The Balaban J connectivity index is 1.74. The van der Waals surface area contributed by atoms with E-state index in [1.54, 1.807) is 0 Å². The Morgan fingerprint density at radius 2 is 1.85 bits per heavy atom. The molecule has 0 bridgehead atoms. The molecule has 6 nitrogen and oxygen atoms in total. The molecule has 3 rings (SSSR count). The molecule has 0 unspecified atom stereocenters. The Morgan fingerprint density at radius 1 is 1.20 bits per heavy atom. The van der Waals surface area contributed by atoms with Crippen molar-refractivity contribution in [3.8, 4) is 0 Å². The fourth-order valence-corrected chi connectivity index (χ4v) is 3.62. The highest BCUT2D eigenvalue weighted by molar-refractivity contribution is 7.90. The second kappa shape index (κ2) is 4.96. The number of sulfone groups is 1. The van der Waals surface area contributed by atoms with Gasteiger partial charge in [-0.05, 0) is 37.8 Å². The number of anilines is 1. The number of nitrogens with zero attached hydrogens (tertiary/aromatic N) is 3. The standard InChI is InChI=1S/C13H20N4O2S/c1-20(18,19)11-8-15-12(16-9-11)17-7-4-13(10-17)2-5-14-6-3-13/h8-9,14H,2-7,10H2,1H3. The summed E-state index contributed by atoms with van der Waals surface area (Å²) < 4.78 is 22.8. The molecule has 110 valence electrons. The van der Waals surface area contributed by atoms with Crippen molar-refractivity contribution < 1.29 is 8.42 Å². The summed E-state index contributed by atoms with van der Waals surface area (Å²) in [7, 11) is -3.22. The number of piperidine rings is 1. The summed E-state index contributed by atoms with van der Waals surface area (Å²) in [6, 6.07) is 0. The summed E-state index contributed by atoms with van der Waals surface area (Å²) in [5.74, 6) is 0.646. The van der Waals surface area contributed by atoms with Crippen LogP contribution in [-0.4, -0.2) is 50.8 Å². The molecular weight excluding hydrogens is 276 g/mol. The quantitative estimate of drug-likeness (QED) is 0.854. The van der Waals surface area contributed by atoms with Gasteiger partial charge in [-0.15, -0.1) is 0 Å². The summed E-state index contributed by atoms with van der Waals surface area (Å²) in [6.07, 6.45) is 7.56. The van der Waals surface area contributed by atoms with Gasteiger partial charge in [0.25, 0.3) is 0 Å². The molecular formula is C13H20N4O2S. The van der Waals surface area contributed by atoms with Crippen LogP contribution in [0.3, 0.4) is 0 Å². The molecule has 3 heterocycles. The first-order chi connectivity index (χ1) is 9.49. The van der Waals surface area contributed by atoms with Gasteiger partial charge in [-0.2, -0.15) is 0 Å². The van der Waals surface area contributed by atoms with Crippen molar-refractivity contribution in [2.45, 2.75) is 24.2 Å². The number of nitrogens with one attached hydrogen (secondary N) is 1. The van der Waals surface area contributed by atoms with Gasteiger partial charge >= 0.3 is 0 Å². The highest BCUT2D eigenvalue weighted by Gasteiger charge is 2.39. The zero-order chi connectivity index (χ0) is 14.2. The second-order valence-electron chi connectivity index (χ2n) is 5.91. The molecule has 0 amide bonds. The molecule has 0 aromatic carbocycles. The zero-order valence-electron chi connectivity index (χ0n) is 11.7. The molecule has 2 saturated heterocycles. The highest BCUT2D eigenvalue weighted by Crippen LogP contribution is 2.39. The smallest absolute Gasteiger partial charge is 0.225 e. The van der Waals surface area contributed by atoms with E-state index >= 15 is 0 Å². The molecule has 1 aromatic rings. The second-order valence-corrected chi connectivity index (χ2v) is 7.93. The lowest BCUT2D eigenvalue weighted by Gasteiger charge is -2.33. The third kappa shape index (κ3) is 2.64. The largest absolute Gasteiger partial charge is 0.340 e. The molecule has 0 aliphatic carbocycles. The summed E-state index contributed by atoms with van der Waals surface area (Å²) in [6.45, 7) is 4.11. The van der Waals surface area contributed by atoms with Gasteiger partial charge in [-0.1, -0.05) is 0 Å². The van der Waals surface area contributed by atoms with Crippen molar-refractivity contribution in [3.63, 3.8) is 0 Å². The highest BCUT2D eigenvalue weighted by atomic mass is 32.2. The van der Waals surface area contributed by atoms with Crippen molar-refractivity contribution in [1.29, 1.82) is 0 Å². The summed E-state index contributed by atoms with van der Waals surface area (Å²) >= 11 is 0. The van der Waals surface area contributed by atoms with Gasteiger partial charge in [0.15, 0.2) is 9.84 Å². The van der Waals surface area contributed by atoms with Crippen LogP contribution in [0.4, 0.5) is 5.95 Å². The van der Waals surface area contributed by atoms with E-state index in [1.807, 2.05) is 0 Å². The van der Waals surface area contributed by atoms with Gasteiger partial charge in [-0.25, -0.2) is 18.4 Å². The number of hydrogen-bond donors (Lipinski definition) is 1. The maximum Gasteiger partial charge on any atom is 0.225 e. The van der Waals surface area contributed by atoms with Crippen LogP contribution in [0, 0.1) is 5.41 Å². The van der Waals surface area contributed by atoms with Gasteiger partial charge in [0.2, 0.25) is 5.95 Å². The van der Waals surface area contributed by atoms with Crippen molar-refractivity contribution in [2.75, 3.05) is 37.3 Å². The van der Waals surface area contributed by atoms with E-state index in [-0.39, 0.29) is 4.90 Å². The normalized spacial score (nSPS) is 22.4. The maximum atomic E-state index is 11.4. The molecule has 2 fully saturated rings. The molecule has 20 heavy (non-hydrogen) atoms. The summed E-state index contributed by atoms with van der Waals surface area (Å²) in [5, 5.41) is 3.40. The SMILES string of the molecule is CS(=O)(=O)c1cnc(N2CCC3(CCNCC3)C2)nc1. The molecule has 0 radical (unpaired) electrons. The van der Waals surface area contributed by atoms with Crippen molar-refractivity contribution in [3.05, 3.63) is 12.4 Å². The fraction of sp³-hybridized carbons (Fsp3) is 0.692. The van der Waals surface area contributed by atoms with E-state index in [0.29, 0.717) is 11.4 Å². The van der Waals surface area contributed by atoms with Crippen molar-refractivity contribution >= 4 is 15.8 Å². The van der Waals surface area contributed by atoms with Gasteiger partial charge in [0.05, 0.1) is 12.4 Å². The van der Waals surface area contributed by atoms with Gasteiger partial charge in [0.1, 0.15) is 4.90 Å². The fourth-order valence-electron chi connectivity index (χ4n) is 3.14. The Kier molecular flexibility index (Phi) is 3.41. The van der Waals surface area contributed by atoms with E-state index in [1.165, 1.54) is 37.9 Å². The van der Waals surface area contributed by atoms with E-state index < -0.39 is 9.84 Å². The average Bonchev–Trinajstić information content (AvgIpc) is 2.83. The topological polar surface area (TPSA) is 75.2 Å². The predicted molar refractivity (Wildman–Crippen MR) is 76.5 cm³/mol. The predicted octanol–water partition coefficient (Wildman–Crippen LogP) is 0.460. The molecule has 2 aliphatic rings.